The number of aryl methyl sites for hydroxylation is 1. The van der Waals surface area contributed by atoms with Gasteiger partial charge in [0, 0.05) is 23.9 Å². The average molecular weight is 345 g/mol. The third kappa shape index (κ3) is 4.19. The Morgan fingerprint density at radius 1 is 1.08 bits per heavy atom. The van der Waals surface area contributed by atoms with E-state index in [1.165, 1.54) is 43.2 Å². The van der Waals surface area contributed by atoms with Crippen LogP contribution < -0.4 is 0 Å². The fraction of sp³-hybridized carbons (Fsp3) is 0.579. The fourth-order valence-corrected chi connectivity index (χ4v) is 4.38. The first-order valence-corrected chi connectivity index (χ1v) is 9.93. The van der Waals surface area contributed by atoms with Crippen LogP contribution in [0, 0.1) is 6.92 Å². The predicted octanol–water partition coefficient (Wildman–Crippen LogP) is 4.41. The maximum atomic E-state index is 4.57. The summed E-state index contributed by atoms with van der Waals surface area (Å²) in [5.74, 6) is 2.08. The Balaban J connectivity index is 1.89. The summed E-state index contributed by atoms with van der Waals surface area (Å²) < 4.78 is 2.42. The van der Waals surface area contributed by atoms with Crippen molar-refractivity contribution < 1.29 is 0 Å². The second-order valence-corrected chi connectivity index (χ2v) is 8.05. The molecule has 2 aromatic rings. The van der Waals surface area contributed by atoms with Gasteiger partial charge in [-0.3, -0.25) is 4.57 Å². The van der Waals surface area contributed by atoms with Crippen LogP contribution in [0.25, 0.3) is 11.4 Å². The van der Waals surface area contributed by atoms with Crippen molar-refractivity contribution in [2.75, 3.05) is 26.4 Å². The molecule has 1 saturated carbocycles. The molecule has 1 aromatic carbocycles. The highest BCUT2D eigenvalue weighted by molar-refractivity contribution is 7.99. The molecular weight excluding hydrogens is 316 g/mol. The Hall–Kier alpha value is -1.33. The topological polar surface area (TPSA) is 34.0 Å². The molecule has 1 heterocycles. The van der Waals surface area contributed by atoms with Crippen molar-refractivity contribution in [3.05, 3.63) is 29.8 Å². The van der Waals surface area contributed by atoms with E-state index in [2.05, 4.69) is 64.9 Å². The number of thioether (sulfide) groups is 1. The quantitative estimate of drug-likeness (QED) is 0.727. The first kappa shape index (κ1) is 17.5. The van der Waals surface area contributed by atoms with Crippen molar-refractivity contribution in [1.82, 2.24) is 19.7 Å². The molecule has 0 spiro atoms. The molecule has 24 heavy (non-hydrogen) atoms. The zero-order valence-corrected chi connectivity index (χ0v) is 15.9. The van der Waals surface area contributed by atoms with E-state index in [-0.39, 0.29) is 0 Å². The van der Waals surface area contributed by atoms with Gasteiger partial charge in [0.1, 0.15) is 0 Å². The Kier molecular flexibility index (Phi) is 5.95. The lowest BCUT2D eigenvalue weighted by atomic mass is 9.95. The molecule has 3 rings (SSSR count). The summed E-state index contributed by atoms with van der Waals surface area (Å²) in [6.45, 7) is 3.18. The molecule has 1 aliphatic rings. The van der Waals surface area contributed by atoms with Crippen LogP contribution in [-0.2, 0) is 0 Å². The van der Waals surface area contributed by atoms with E-state index in [1.54, 1.807) is 0 Å². The summed E-state index contributed by atoms with van der Waals surface area (Å²) in [5, 5.41) is 10.2. The molecule has 4 nitrogen and oxygen atoms in total. The minimum absolute atomic E-state index is 0.548. The number of hydrogen-bond acceptors (Lipinski definition) is 4. The molecule has 130 valence electrons. The van der Waals surface area contributed by atoms with Crippen LogP contribution in [0.15, 0.2) is 29.4 Å². The molecule has 0 unspecified atom stereocenters. The Bertz CT molecular complexity index is 642. The molecule has 0 N–H and O–H groups in total. The normalized spacial score (nSPS) is 16.0. The molecule has 5 heteroatoms. The van der Waals surface area contributed by atoms with Crippen molar-refractivity contribution in [3.8, 4) is 11.4 Å². The van der Waals surface area contributed by atoms with E-state index >= 15 is 0 Å². The van der Waals surface area contributed by atoms with E-state index in [4.69, 9.17) is 0 Å². The van der Waals surface area contributed by atoms with Crippen molar-refractivity contribution in [2.45, 2.75) is 50.2 Å². The SMILES string of the molecule is Cc1ccc(-c2nnc(SCCN(C)C)n2C2CCCCC2)cc1. The number of nitrogens with zero attached hydrogens (tertiary/aromatic N) is 4. The summed E-state index contributed by atoms with van der Waals surface area (Å²) in [4.78, 5) is 2.22. The molecule has 1 fully saturated rings. The standard InChI is InChI=1S/C19H28N4S/c1-15-9-11-16(12-10-15)18-20-21-19(24-14-13-22(2)3)23(18)17-7-5-4-6-8-17/h9-12,17H,4-8,13-14H2,1-3H3. The van der Waals surface area contributed by atoms with E-state index in [9.17, 15) is 0 Å². The van der Waals surface area contributed by atoms with Crippen molar-refractivity contribution in [3.63, 3.8) is 0 Å². The molecule has 0 bridgehead atoms. The summed E-state index contributed by atoms with van der Waals surface area (Å²) in [6.07, 6.45) is 6.49. The van der Waals surface area contributed by atoms with Crippen LogP contribution in [-0.4, -0.2) is 46.1 Å². The second-order valence-electron chi connectivity index (χ2n) is 6.99. The van der Waals surface area contributed by atoms with Gasteiger partial charge in [-0.15, -0.1) is 10.2 Å². The molecular formula is C19H28N4S. The first-order chi connectivity index (χ1) is 11.6. The lowest BCUT2D eigenvalue weighted by Crippen LogP contribution is -2.17. The lowest BCUT2D eigenvalue weighted by Gasteiger charge is -2.25. The highest BCUT2D eigenvalue weighted by Gasteiger charge is 2.23. The fourth-order valence-electron chi connectivity index (χ4n) is 3.26. The molecule has 0 aliphatic heterocycles. The zero-order valence-electron chi connectivity index (χ0n) is 15.0. The van der Waals surface area contributed by atoms with Gasteiger partial charge in [-0.1, -0.05) is 60.9 Å². The molecule has 1 aliphatic carbocycles. The van der Waals surface area contributed by atoms with Gasteiger partial charge < -0.3 is 4.90 Å². The van der Waals surface area contributed by atoms with Gasteiger partial charge in [-0.25, -0.2) is 0 Å². The summed E-state index contributed by atoms with van der Waals surface area (Å²) in [7, 11) is 4.23. The summed E-state index contributed by atoms with van der Waals surface area (Å²) in [6, 6.07) is 9.22. The summed E-state index contributed by atoms with van der Waals surface area (Å²) >= 11 is 1.84. The van der Waals surface area contributed by atoms with E-state index in [0.29, 0.717) is 6.04 Å². The third-order valence-electron chi connectivity index (χ3n) is 4.68. The lowest BCUT2D eigenvalue weighted by molar-refractivity contribution is 0.339. The van der Waals surface area contributed by atoms with Crippen LogP contribution in [0.4, 0.5) is 0 Å². The van der Waals surface area contributed by atoms with Crippen LogP contribution in [0.1, 0.15) is 43.7 Å². The van der Waals surface area contributed by atoms with Crippen LogP contribution in [0.3, 0.4) is 0 Å². The molecule has 1 aromatic heterocycles. The molecule has 0 atom stereocenters. The molecule has 0 amide bonds. The largest absolute Gasteiger partial charge is 0.309 e. The van der Waals surface area contributed by atoms with Crippen molar-refractivity contribution in [2.24, 2.45) is 0 Å². The van der Waals surface area contributed by atoms with Gasteiger partial charge in [0.25, 0.3) is 0 Å². The minimum atomic E-state index is 0.548. The average Bonchev–Trinajstić information content (AvgIpc) is 3.00. The number of aromatic nitrogens is 3. The van der Waals surface area contributed by atoms with Crippen LogP contribution in [0.2, 0.25) is 0 Å². The van der Waals surface area contributed by atoms with Gasteiger partial charge >= 0.3 is 0 Å². The third-order valence-corrected chi connectivity index (χ3v) is 5.61. The van der Waals surface area contributed by atoms with Crippen LogP contribution in [0.5, 0.6) is 0 Å². The van der Waals surface area contributed by atoms with Gasteiger partial charge in [0.2, 0.25) is 0 Å². The molecule has 0 saturated heterocycles. The zero-order chi connectivity index (χ0) is 16.9. The Morgan fingerprint density at radius 3 is 2.46 bits per heavy atom. The number of benzene rings is 1. The monoisotopic (exact) mass is 344 g/mol. The van der Waals surface area contributed by atoms with Gasteiger partial charge in [-0.05, 0) is 33.9 Å². The maximum Gasteiger partial charge on any atom is 0.191 e. The van der Waals surface area contributed by atoms with Gasteiger partial charge in [0.05, 0.1) is 0 Å². The van der Waals surface area contributed by atoms with E-state index in [0.717, 1.165) is 23.3 Å². The smallest absolute Gasteiger partial charge is 0.191 e. The van der Waals surface area contributed by atoms with Crippen molar-refractivity contribution in [1.29, 1.82) is 0 Å². The molecule has 0 radical (unpaired) electrons. The minimum Gasteiger partial charge on any atom is -0.309 e. The predicted molar refractivity (Wildman–Crippen MR) is 102 cm³/mol. The first-order valence-electron chi connectivity index (χ1n) is 8.94. The van der Waals surface area contributed by atoms with E-state index < -0.39 is 0 Å². The summed E-state index contributed by atoms with van der Waals surface area (Å²) in [5.41, 5.74) is 2.46. The second kappa shape index (κ2) is 8.17. The maximum absolute atomic E-state index is 4.57. The van der Waals surface area contributed by atoms with Gasteiger partial charge in [0.15, 0.2) is 11.0 Å². The number of rotatable bonds is 6. The number of hydrogen-bond donors (Lipinski definition) is 0. The van der Waals surface area contributed by atoms with E-state index in [1.807, 2.05) is 11.8 Å². The Labute approximate surface area is 149 Å². The van der Waals surface area contributed by atoms with Gasteiger partial charge in [-0.2, -0.15) is 0 Å². The van der Waals surface area contributed by atoms with Crippen molar-refractivity contribution >= 4 is 11.8 Å². The van der Waals surface area contributed by atoms with Crippen LogP contribution >= 0.6 is 11.8 Å². The highest BCUT2D eigenvalue weighted by Crippen LogP contribution is 2.35. The Morgan fingerprint density at radius 2 is 1.79 bits per heavy atom. The highest BCUT2D eigenvalue weighted by atomic mass is 32.2.